The second-order valence-corrected chi connectivity index (χ2v) is 4.67. The summed E-state index contributed by atoms with van der Waals surface area (Å²) in [6, 6.07) is 7.34. The zero-order valence-electron chi connectivity index (χ0n) is 9.11. The van der Waals surface area contributed by atoms with Crippen molar-refractivity contribution in [1.29, 1.82) is 0 Å². The van der Waals surface area contributed by atoms with E-state index in [9.17, 15) is 4.79 Å². The molecule has 0 aliphatic rings. The van der Waals surface area contributed by atoms with Crippen molar-refractivity contribution in [2.75, 3.05) is 0 Å². The van der Waals surface area contributed by atoms with E-state index in [1.165, 1.54) is 0 Å². The Morgan fingerprint density at radius 1 is 1.53 bits per heavy atom. The molecule has 1 aromatic carbocycles. The van der Waals surface area contributed by atoms with Gasteiger partial charge in [0.1, 0.15) is 0 Å². The molecule has 0 atom stereocenters. The number of nitrogens with one attached hydrogen (secondary N) is 1. The molecule has 0 radical (unpaired) electrons. The Labute approximate surface area is 112 Å². The van der Waals surface area contributed by atoms with E-state index in [1.807, 2.05) is 18.2 Å². The fraction of sp³-hybridized carbons (Fsp3) is 0.182. The van der Waals surface area contributed by atoms with Gasteiger partial charge in [0.2, 0.25) is 5.89 Å². The Kier molecular flexibility index (Phi) is 3.72. The molecular weight excluding hydrogens is 333 g/mol. The Morgan fingerprint density at radius 2 is 2.35 bits per heavy atom. The second kappa shape index (κ2) is 5.26. The van der Waals surface area contributed by atoms with Crippen molar-refractivity contribution in [2.24, 2.45) is 0 Å². The molecule has 17 heavy (non-hydrogen) atoms. The molecule has 0 fully saturated rings. The van der Waals surface area contributed by atoms with Gasteiger partial charge in [-0.05, 0) is 47.7 Å². The Balaban J connectivity index is 1.98. The zero-order chi connectivity index (χ0) is 12.3. The van der Waals surface area contributed by atoms with Gasteiger partial charge in [0.05, 0.1) is 6.54 Å². The second-order valence-electron chi connectivity index (χ2n) is 3.43. The van der Waals surface area contributed by atoms with Crippen LogP contribution in [0.1, 0.15) is 22.1 Å². The van der Waals surface area contributed by atoms with Crippen molar-refractivity contribution in [3.05, 3.63) is 45.1 Å². The Bertz CT molecular complexity index is 539. The number of nitrogens with zero attached hydrogens (tertiary/aromatic N) is 2. The lowest BCUT2D eigenvalue weighted by molar-refractivity contribution is 0.0946. The molecule has 0 saturated heterocycles. The highest BCUT2D eigenvalue weighted by atomic mass is 127. The van der Waals surface area contributed by atoms with E-state index in [0.29, 0.717) is 17.3 Å². The first-order valence-corrected chi connectivity index (χ1v) is 6.06. The highest BCUT2D eigenvalue weighted by molar-refractivity contribution is 14.1. The summed E-state index contributed by atoms with van der Waals surface area (Å²) in [5.74, 6) is 0.810. The van der Waals surface area contributed by atoms with Crippen LogP contribution in [-0.4, -0.2) is 16.0 Å². The van der Waals surface area contributed by atoms with Gasteiger partial charge in [-0.2, -0.15) is 4.98 Å². The van der Waals surface area contributed by atoms with E-state index in [4.69, 9.17) is 4.52 Å². The lowest BCUT2D eigenvalue weighted by Crippen LogP contribution is -2.22. The maximum Gasteiger partial charge on any atom is 0.251 e. The van der Waals surface area contributed by atoms with Gasteiger partial charge in [-0.1, -0.05) is 11.2 Å². The predicted octanol–water partition coefficient (Wildman–Crippen LogP) is 1.91. The summed E-state index contributed by atoms with van der Waals surface area (Å²) < 4.78 is 5.91. The first-order chi connectivity index (χ1) is 8.15. The molecule has 2 aromatic rings. The van der Waals surface area contributed by atoms with Crippen LogP contribution in [-0.2, 0) is 6.54 Å². The summed E-state index contributed by atoms with van der Waals surface area (Å²) in [7, 11) is 0. The number of aromatic nitrogens is 2. The van der Waals surface area contributed by atoms with Gasteiger partial charge in [0.15, 0.2) is 5.82 Å². The Morgan fingerprint density at radius 3 is 3.00 bits per heavy atom. The van der Waals surface area contributed by atoms with Gasteiger partial charge in [0.25, 0.3) is 5.91 Å². The number of carbonyl (C=O) groups excluding carboxylic acids is 1. The monoisotopic (exact) mass is 343 g/mol. The summed E-state index contributed by atoms with van der Waals surface area (Å²) in [5, 5.41) is 6.36. The summed E-state index contributed by atoms with van der Waals surface area (Å²) in [6.45, 7) is 1.97. The van der Waals surface area contributed by atoms with E-state index in [-0.39, 0.29) is 12.5 Å². The molecule has 0 bridgehead atoms. The van der Waals surface area contributed by atoms with Gasteiger partial charge in [-0.25, -0.2) is 0 Å². The van der Waals surface area contributed by atoms with Crippen LogP contribution in [0.2, 0.25) is 0 Å². The van der Waals surface area contributed by atoms with E-state index < -0.39 is 0 Å². The fourth-order valence-electron chi connectivity index (χ4n) is 1.30. The van der Waals surface area contributed by atoms with Gasteiger partial charge in [-0.3, -0.25) is 4.79 Å². The van der Waals surface area contributed by atoms with Crippen LogP contribution in [0, 0.1) is 10.5 Å². The number of carbonyl (C=O) groups is 1. The van der Waals surface area contributed by atoms with Crippen molar-refractivity contribution in [1.82, 2.24) is 15.5 Å². The molecule has 6 heteroatoms. The van der Waals surface area contributed by atoms with Crippen LogP contribution in [0.15, 0.2) is 28.8 Å². The Hall–Kier alpha value is -1.44. The number of benzene rings is 1. The minimum absolute atomic E-state index is 0.153. The molecule has 2 rings (SSSR count). The number of hydrogen-bond acceptors (Lipinski definition) is 4. The van der Waals surface area contributed by atoms with Crippen LogP contribution in [0.4, 0.5) is 0 Å². The number of amides is 1. The molecule has 1 heterocycles. The third-order valence-electron chi connectivity index (χ3n) is 2.06. The number of halogens is 1. The van der Waals surface area contributed by atoms with Crippen LogP contribution in [0.5, 0.6) is 0 Å². The third-order valence-corrected chi connectivity index (χ3v) is 2.73. The van der Waals surface area contributed by atoms with Crippen molar-refractivity contribution in [3.8, 4) is 0 Å². The van der Waals surface area contributed by atoms with Crippen molar-refractivity contribution < 1.29 is 9.32 Å². The topological polar surface area (TPSA) is 68.0 Å². The minimum atomic E-state index is -0.153. The molecule has 5 nitrogen and oxygen atoms in total. The molecule has 1 N–H and O–H groups in total. The molecule has 1 amide bonds. The smallest absolute Gasteiger partial charge is 0.251 e. The third kappa shape index (κ3) is 3.26. The largest absolute Gasteiger partial charge is 0.343 e. The van der Waals surface area contributed by atoms with E-state index in [0.717, 1.165) is 3.57 Å². The minimum Gasteiger partial charge on any atom is -0.343 e. The fourth-order valence-corrected chi connectivity index (χ4v) is 1.84. The molecule has 0 spiro atoms. The average Bonchev–Trinajstić information content (AvgIpc) is 2.72. The van der Waals surface area contributed by atoms with E-state index in [1.54, 1.807) is 13.0 Å². The summed E-state index contributed by atoms with van der Waals surface area (Å²) in [4.78, 5) is 15.8. The quantitative estimate of drug-likeness (QED) is 0.865. The van der Waals surface area contributed by atoms with Crippen molar-refractivity contribution in [2.45, 2.75) is 13.5 Å². The van der Waals surface area contributed by atoms with E-state index in [2.05, 4.69) is 38.0 Å². The molecule has 0 aliphatic carbocycles. The van der Waals surface area contributed by atoms with Crippen molar-refractivity contribution >= 4 is 28.5 Å². The van der Waals surface area contributed by atoms with Crippen molar-refractivity contribution in [3.63, 3.8) is 0 Å². The standard InChI is InChI=1S/C11H10IN3O2/c1-7-14-10(17-15-7)6-13-11(16)8-3-2-4-9(12)5-8/h2-5H,6H2,1H3,(H,13,16). The number of rotatable bonds is 3. The number of aryl methyl sites for hydroxylation is 1. The summed E-state index contributed by atoms with van der Waals surface area (Å²) in [5.41, 5.74) is 0.619. The lowest BCUT2D eigenvalue weighted by atomic mass is 10.2. The average molecular weight is 343 g/mol. The maximum absolute atomic E-state index is 11.8. The summed E-state index contributed by atoms with van der Waals surface area (Å²) >= 11 is 2.16. The molecular formula is C11H10IN3O2. The summed E-state index contributed by atoms with van der Waals surface area (Å²) in [6.07, 6.45) is 0. The highest BCUT2D eigenvalue weighted by Gasteiger charge is 2.08. The molecule has 88 valence electrons. The first kappa shape index (κ1) is 12.0. The van der Waals surface area contributed by atoms with Crippen LogP contribution in [0.3, 0.4) is 0 Å². The van der Waals surface area contributed by atoms with Gasteiger partial charge >= 0.3 is 0 Å². The van der Waals surface area contributed by atoms with Gasteiger partial charge in [0, 0.05) is 9.13 Å². The van der Waals surface area contributed by atoms with Gasteiger partial charge in [-0.15, -0.1) is 0 Å². The highest BCUT2D eigenvalue weighted by Crippen LogP contribution is 2.07. The molecule has 0 saturated carbocycles. The van der Waals surface area contributed by atoms with Crippen LogP contribution < -0.4 is 5.32 Å². The molecule has 1 aromatic heterocycles. The predicted molar refractivity (Wildman–Crippen MR) is 69.4 cm³/mol. The number of hydrogen-bond donors (Lipinski definition) is 1. The first-order valence-electron chi connectivity index (χ1n) is 4.98. The zero-order valence-corrected chi connectivity index (χ0v) is 11.3. The van der Waals surface area contributed by atoms with Crippen LogP contribution in [0.25, 0.3) is 0 Å². The maximum atomic E-state index is 11.8. The van der Waals surface area contributed by atoms with Crippen LogP contribution >= 0.6 is 22.6 Å². The van der Waals surface area contributed by atoms with E-state index >= 15 is 0 Å². The lowest BCUT2D eigenvalue weighted by Gasteiger charge is -2.02. The SMILES string of the molecule is Cc1noc(CNC(=O)c2cccc(I)c2)n1. The molecule has 0 unspecified atom stereocenters. The van der Waals surface area contributed by atoms with Gasteiger partial charge < -0.3 is 9.84 Å². The normalized spacial score (nSPS) is 10.2. The molecule has 0 aliphatic heterocycles.